The highest BCUT2D eigenvalue weighted by Gasteiger charge is 2.26. The van der Waals surface area contributed by atoms with E-state index in [1.807, 2.05) is 55.5 Å². The average molecular weight is 417 g/mol. The summed E-state index contributed by atoms with van der Waals surface area (Å²) in [6, 6.07) is 9.70. The molecule has 0 unspecified atom stereocenters. The molecule has 0 aromatic heterocycles. The summed E-state index contributed by atoms with van der Waals surface area (Å²) in [6.07, 6.45) is 19.5. The lowest BCUT2D eigenvalue weighted by atomic mass is 9.72. The zero-order valence-corrected chi connectivity index (χ0v) is 19.7. The van der Waals surface area contributed by atoms with Gasteiger partial charge in [0.15, 0.2) is 0 Å². The third-order valence-electron chi connectivity index (χ3n) is 5.62. The van der Waals surface area contributed by atoms with Crippen molar-refractivity contribution < 1.29 is 9.53 Å². The summed E-state index contributed by atoms with van der Waals surface area (Å²) >= 11 is 0. The molecular formula is C29H36O2. The lowest BCUT2D eigenvalue weighted by Gasteiger charge is -2.32. The predicted octanol–water partition coefficient (Wildman–Crippen LogP) is 7.77. The molecule has 1 aliphatic carbocycles. The Morgan fingerprint density at radius 3 is 2.48 bits per heavy atom. The van der Waals surface area contributed by atoms with Crippen LogP contribution in [0.1, 0.15) is 59.4 Å². The standard InChI is InChI=1S/C29H36O2/c1-23(16-18-27-25(3)13-10-21-29(27,4)5)11-9-12-24(2)20-22-31-28(30)19-17-26-14-7-6-8-15-26/h6-9,11-12,14-20H,10,13,21-22H2,1-5H3. The Morgan fingerprint density at radius 2 is 1.77 bits per heavy atom. The van der Waals surface area contributed by atoms with E-state index in [1.54, 1.807) is 6.08 Å². The van der Waals surface area contributed by atoms with Crippen molar-refractivity contribution in [3.63, 3.8) is 0 Å². The Labute approximate surface area is 188 Å². The van der Waals surface area contributed by atoms with Crippen LogP contribution in [0.2, 0.25) is 0 Å². The van der Waals surface area contributed by atoms with E-state index in [2.05, 4.69) is 45.9 Å². The van der Waals surface area contributed by atoms with Crippen molar-refractivity contribution in [2.75, 3.05) is 6.61 Å². The second-order valence-electron chi connectivity index (χ2n) is 8.86. The Balaban J connectivity index is 1.82. The molecule has 0 atom stereocenters. The summed E-state index contributed by atoms with van der Waals surface area (Å²) in [4.78, 5) is 11.8. The number of esters is 1. The first-order valence-corrected chi connectivity index (χ1v) is 11.1. The number of hydrogen-bond donors (Lipinski definition) is 0. The number of ether oxygens (including phenoxy) is 1. The molecule has 2 nitrogen and oxygen atoms in total. The van der Waals surface area contributed by atoms with Crippen molar-refractivity contribution in [1.29, 1.82) is 0 Å². The minimum absolute atomic E-state index is 0.263. The van der Waals surface area contributed by atoms with Gasteiger partial charge in [0, 0.05) is 6.08 Å². The molecule has 0 N–H and O–H groups in total. The van der Waals surface area contributed by atoms with Gasteiger partial charge in [-0.3, -0.25) is 0 Å². The van der Waals surface area contributed by atoms with Gasteiger partial charge in [0.1, 0.15) is 6.61 Å². The van der Waals surface area contributed by atoms with Crippen LogP contribution in [0.25, 0.3) is 6.08 Å². The second-order valence-corrected chi connectivity index (χ2v) is 8.86. The minimum Gasteiger partial charge on any atom is -0.458 e. The minimum atomic E-state index is -0.340. The smallest absolute Gasteiger partial charge is 0.331 e. The molecule has 0 heterocycles. The molecule has 31 heavy (non-hydrogen) atoms. The van der Waals surface area contributed by atoms with E-state index >= 15 is 0 Å². The molecule has 1 aromatic carbocycles. The van der Waals surface area contributed by atoms with Crippen LogP contribution in [0.15, 0.2) is 95.2 Å². The molecule has 1 aliphatic rings. The van der Waals surface area contributed by atoms with Gasteiger partial charge in [-0.1, -0.05) is 91.3 Å². The second kappa shape index (κ2) is 12.1. The van der Waals surface area contributed by atoms with E-state index in [1.165, 1.54) is 42.1 Å². The van der Waals surface area contributed by atoms with Crippen molar-refractivity contribution in [2.24, 2.45) is 5.41 Å². The van der Waals surface area contributed by atoms with Gasteiger partial charge < -0.3 is 4.74 Å². The Hall–Kier alpha value is -2.87. The highest BCUT2D eigenvalue weighted by molar-refractivity contribution is 5.87. The van der Waals surface area contributed by atoms with Crippen LogP contribution >= 0.6 is 0 Å². The molecule has 0 bridgehead atoms. The van der Waals surface area contributed by atoms with Crippen LogP contribution in [0.3, 0.4) is 0 Å². The average Bonchev–Trinajstić information content (AvgIpc) is 2.72. The molecule has 164 valence electrons. The topological polar surface area (TPSA) is 26.3 Å². The Morgan fingerprint density at radius 1 is 1.03 bits per heavy atom. The Kier molecular flexibility index (Phi) is 9.52. The highest BCUT2D eigenvalue weighted by atomic mass is 16.5. The fraction of sp³-hybridized carbons (Fsp3) is 0.345. The molecule has 0 spiro atoms. The van der Waals surface area contributed by atoms with Crippen molar-refractivity contribution in [3.8, 4) is 0 Å². The zero-order valence-electron chi connectivity index (χ0n) is 19.7. The number of carbonyl (C=O) groups is 1. The van der Waals surface area contributed by atoms with Crippen LogP contribution < -0.4 is 0 Å². The van der Waals surface area contributed by atoms with Crippen molar-refractivity contribution in [3.05, 3.63) is 101 Å². The van der Waals surface area contributed by atoms with Crippen molar-refractivity contribution >= 4 is 12.0 Å². The highest BCUT2D eigenvalue weighted by Crippen LogP contribution is 2.40. The largest absolute Gasteiger partial charge is 0.458 e. The number of hydrogen-bond acceptors (Lipinski definition) is 2. The van der Waals surface area contributed by atoms with E-state index in [-0.39, 0.29) is 18.0 Å². The summed E-state index contributed by atoms with van der Waals surface area (Å²) in [6.45, 7) is 11.3. The SMILES string of the molecule is CC(C=CC1=C(C)CCCC1(C)C)=CC=CC(C)=CCOC(=O)C=Cc1ccccc1. The van der Waals surface area contributed by atoms with Crippen molar-refractivity contribution in [1.82, 2.24) is 0 Å². The molecule has 2 heteroatoms. The first-order valence-electron chi connectivity index (χ1n) is 11.1. The molecule has 1 aromatic rings. The summed E-state index contributed by atoms with van der Waals surface area (Å²) in [5.74, 6) is -0.340. The molecule has 0 radical (unpaired) electrons. The van der Waals surface area contributed by atoms with Gasteiger partial charge in [-0.15, -0.1) is 0 Å². The van der Waals surface area contributed by atoms with E-state index in [0.717, 1.165) is 11.1 Å². The third kappa shape index (κ3) is 8.80. The van der Waals surface area contributed by atoms with E-state index in [9.17, 15) is 4.79 Å². The molecule has 2 rings (SSSR count). The molecule has 0 saturated heterocycles. The van der Waals surface area contributed by atoms with Gasteiger partial charge in [-0.2, -0.15) is 0 Å². The van der Waals surface area contributed by atoms with Crippen molar-refractivity contribution in [2.45, 2.75) is 53.9 Å². The zero-order chi connectivity index (χ0) is 22.7. The van der Waals surface area contributed by atoms with E-state index in [4.69, 9.17) is 4.74 Å². The van der Waals surface area contributed by atoms with Gasteiger partial charge in [0.2, 0.25) is 0 Å². The molecule has 0 fully saturated rings. The predicted molar refractivity (Wildman–Crippen MR) is 133 cm³/mol. The lowest BCUT2D eigenvalue weighted by molar-refractivity contribution is -0.136. The summed E-state index contributed by atoms with van der Waals surface area (Å²) in [5.41, 5.74) is 6.51. The molecule has 0 saturated carbocycles. The monoisotopic (exact) mass is 416 g/mol. The van der Waals surface area contributed by atoms with E-state index in [0.29, 0.717) is 0 Å². The number of carbonyl (C=O) groups excluding carboxylic acids is 1. The van der Waals surface area contributed by atoms with Gasteiger partial charge in [0.25, 0.3) is 0 Å². The maximum atomic E-state index is 11.8. The third-order valence-corrected chi connectivity index (χ3v) is 5.62. The van der Waals surface area contributed by atoms with Crippen LogP contribution in [-0.2, 0) is 9.53 Å². The van der Waals surface area contributed by atoms with Gasteiger partial charge in [-0.25, -0.2) is 4.79 Å². The van der Waals surface area contributed by atoms with E-state index < -0.39 is 0 Å². The lowest BCUT2D eigenvalue weighted by Crippen LogP contribution is -2.19. The first-order chi connectivity index (χ1) is 14.8. The maximum Gasteiger partial charge on any atom is 0.331 e. The quantitative estimate of drug-likeness (QED) is 0.246. The normalized spacial score (nSPS) is 17.8. The summed E-state index contributed by atoms with van der Waals surface area (Å²) in [5, 5.41) is 0. The number of rotatable bonds is 8. The van der Waals surface area contributed by atoms with Crippen LogP contribution in [0.5, 0.6) is 0 Å². The van der Waals surface area contributed by atoms with Gasteiger partial charge in [-0.05, 0) is 68.7 Å². The van der Waals surface area contributed by atoms with Gasteiger partial charge >= 0.3 is 5.97 Å². The number of benzene rings is 1. The summed E-state index contributed by atoms with van der Waals surface area (Å²) < 4.78 is 5.23. The molecule has 0 aliphatic heterocycles. The first kappa shape index (κ1) is 24.4. The number of allylic oxidation sites excluding steroid dienone is 9. The van der Waals surface area contributed by atoms with Crippen LogP contribution in [-0.4, -0.2) is 12.6 Å². The molecular weight excluding hydrogens is 380 g/mol. The Bertz CT molecular complexity index is 919. The maximum absolute atomic E-state index is 11.8. The van der Waals surface area contributed by atoms with Gasteiger partial charge in [0.05, 0.1) is 0 Å². The fourth-order valence-corrected chi connectivity index (χ4v) is 3.73. The molecule has 0 amide bonds. The van der Waals surface area contributed by atoms with Crippen LogP contribution in [0, 0.1) is 5.41 Å². The van der Waals surface area contributed by atoms with Crippen LogP contribution in [0.4, 0.5) is 0 Å². The fourth-order valence-electron chi connectivity index (χ4n) is 3.73. The summed E-state index contributed by atoms with van der Waals surface area (Å²) in [7, 11) is 0.